The van der Waals surface area contributed by atoms with Crippen LogP contribution in [-0.4, -0.2) is 19.5 Å². The van der Waals surface area contributed by atoms with E-state index in [1.807, 2.05) is 0 Å². The van der Waals surface area contributed by atoms with E-state index in [1.54, 1.807) is 7.11 Å². The molecule has 8 heavy (non-hydrogen) atoms. The Kier molecular flexibility index (Phi) is 1.72. The Morgan fingerprint density at radius 2 is 2.62 bits per heavy atom. The molecule has 1 radical (unpaired) electrons. The summed E-state index contributed by atoms with van der Waals surface area (Å²) < 4.78 is 0. The monoisotopic (exact) mass is 113 g/mol. The molecule has 0 aromatic carbocycles. The van der Waals surface area contributed by atoms with Crippen molar-refractivity contribution in [1.82, 2.24) is 5.32 Å². The summed E-state index contributed by atoms with van der Waals surface area (Å²) in [6.45, 7) is 0.919. The van der Waals surface area contributed by atoms with Gasteiger partial charge in [0.15, 0.2) is 5.84 Å². The van der Waals surface area contributed by atoms with Gasteiger partial charge in [0.05, 0.1) is 0 Å². The zero-order valence-electron chi connectivity index (χ0n) is 4.92. The van der Waals surface area contributed by atoms with Crippen LogP contribution in [0.4, 0.5) is 0 Å². The molecular formula is C5H9N2O. The molecule has 1 fully saturated rings. The SMILES string of the molecule is CON=C1CCC[N]1. The van der Waals surface area contributed by atoms with E-state index in [0.29, 0.717) is 0 Å². The lowest BCUT2D eigenvalue weighted by Gasteiger charge is -1.89. The maximum absolute atomic E-state index is 4.52. The summed E-state index contributed by atoms with van der Waals surface area (Å²) in [6.07, 6.45) is 2.11. The van der Waals surface area contributed by atoms with Crippen LogP contribution in [0.25, 0.3) is 0 Å². The van der Waals surface area contributed by atoms with Crippen LogP contribution in [0.1, 0.15) is 12.8 Å². The standard InChI is InChI=1S/C5H9N2O/c1-8-7-5-3-2-4-6-5/h2-4H2,1H3. The third-order valence-corrected chi connectivity index (χ3v) is 1.05. The van der Waals surface area contributed by atoms with Crippen LogP contribution < -0.4 is 5.32 Å². The van der Waals surface area contributed by atoms with E-state index in [1.165, 1.54) is 0 Å². The van der Waals surface area contributed by atoms with Crippen LogP contribution >= 0.6 is 0 Å². The van der Waals surface area contributed by atoms with Crippen LogP contribution in [0.15, 0.2) is 5.16 Å². The van der Waals surface area contributed by atoms with E-state index < -0.39 is 0 Å². The third-order valence-electron chi connectivity index (χ3n) is 1.05. The van der Waals surface area contributed by atoms with Crippen molar-refractivity contribution in [1.29, 1.82) is 0 Å². The van der Waals surface area contributed by atoms with Gasteiger partial charge in [-0.15, -0.1) is 0 Å². The molecule has 1 aliphatic heterocycles. The van der Waals surface area contributed by atoms with Gasteiger partial charge in [-0.3, -0.25) is 5.32 Å². The minimum absolute atomic E-state index is 0.854. The summed E-state index contributed by atoms with van der Waals surface area (Å²) in [7, 11) is 1.54. The van der Waals surface area contributed by atoms with E-state index >= 15 is 0 Å². The highest BCUT2D eigenvalue weighted by Crippen LogP contribution is 1.99. The molecule has 0 aromatic heterocycles. The number of oxime groups is 1. The Morgan fingerprint density at radius 1 is 1.75 bits per heavy atom. The zero-order chi connectivity index (χ0) is 5.82. The molecule has 0 bridgehead atoms. The molecule has 1 rings (SSSR count). The molecule has 0 spiro atoms. The van der Waals surface area contributed by atoms with Gasteiger partial charge in [0.2, 0.25) is 0 Å². The van der Waals surface area contributed by atoms with Crippen LogP contribution in [0.5, 0.6) is 0 Å². The van der Waals surface area contributed by atoms with Crippen LogP contribution in [0.3, 0.4) is 0 Å². The van der Waals surface area contributed by atoms with Crippen LogP contribution in [-0.2, 0) is 4.84 Å². The van der Waals surface area contributed by atoms with Crippen molar-refractivity contribution < 1.29 is 4.84 Å². The van der Waals surface area contributed by atoms with Gasteiger partial charge in [-0.1, -0.05) is 5.16 Å². The summed E-state index contributed by atoms with van der Waals surface area (Å²) in [5.74, 6) is 0.854. The van der Waals surface area contributed by atoms with Crippen molar-refractivity contribution in [2.75, 3.05) is 13.7 Å². The highest BCUT2D eigenvalue weighted by Gasteiger charge is 2.07. The van der Waals surface area contributed by atoms with Crippen molar-refractivity contribution >= 4 is 5.84 Å². The van der Waals surface area contributed by atoms with E-state index in [9.17, 15) is 0 Å². The molecule has 1 heterocycles. The van der Waals surface area contributed by atoms with Gasteiger partial charge in [0, 0.05) is 13.0 Å². The molecule has 45 valence electrons. The summed E-state index contributed by atoms with van der Waals surface area (Å²) in [5, 5.41) is 7.72. The first-order valence-electron chi connectivity index (χ1n) is 2.71. The zero-order valence-corrected chi connectivity index (χ0v) is 4.92. The Morgan fingerprint density at radius 3 is 3.12 bits per heavy atom. The van der Waals surface area contributed by atoms with Crippen molar-refractivity contribution in [3.63, 3.8) is 0 Å². The van der Waals surface area contributed by atoms with Gasteiger partial charge in [0.1, 0.15) is 7.11 Å². The molecule has 0 atom stereocenters. The number of hydrogen-bond donors (Lipinski definition) is 0. The molecule has 0 saturated carbocycles. The maximum Gasteiger partial charge on any atom is 0.163 e. The second kappa shape index (κ2) is 2.55. The molecule has 1 saturated heterocycles. The van der Waals surface area contributed by atoms with Gasteiger partial charge >= 0.3 is 0 Å². The second-order valence-electron chi connectivity index (χ2n) is 1.68. The highest BCUT2D eigenvalue weighted by atomic mass is 16.6. The third kappa shape index (κ3) is 1.12. The maximum atomic E-state index is 4.52. The minimum Gasteiger partial charge on any atom is -0.398 e. The number of rotatable bonds is 1. The molecule has 0 amide bonds. The van der Waals surface area contributed by atoms with Gasteiger partial charge in [-0.25, -0.2) is 0 Å². The molecule has 3 heteroatoms. The van der Waals surface area contributed by atoms with Gasteiger partial charge in [0.25, 0.3) is 0 Å². The molecule has 1 aliphatic rings. The average Bonchev–Trinajstić information content (AvgIpc) is 2.19. The molecule has 0 N–H and O–H groups in total. The van der Waals surface area contributed by atoms with E-state index in [2.05, 4.69) is 15.3 Å². The van der Waals surface area contributed by atoms with Crippen LogP contribution in [0, 0.1) is 0 Å². The summed E-state index contributed by atoms with van der Waals surface area (Å²) in [4.78, 5) is 4.52. The van der Waals surface area contributed by atoms with Crippen molar-refractivity contribution in [2.24, 2.45) is 5.16 Å². The number of amidine groups is 1. The Labute approximate surface area is 48.7 Å². The smallest absolute Gasteiger partial charge is 0.163 e. The molecule has 0 aliphatic carbocycles. The first-order chi connectivity index (χ1) is 3.93. The first kappa shape index (κ1) is 5.41. The van der Waals surface area contributed by atoms with E-state index in [4.69, 9.17) is 0 Å². The minimum atomic E-state index is 0.854. The fraction of sp³-hybridized carbons (Fsp3) is 0.800. The Bertz CT molecular complexity index is 92.6. The predicted molar refractivity (Wildman–Crippen MR) is 30.7 cm³/mol. The molecule has 0 unspecified atom stereocenters. The van der Waals surface area contributed by atoms with Crippen molar-refractivity contribution in [3.05, 3.63) is 0 Å². The topological polar surface area (TPSA) is 35.7 Å². The van der Waals surface area contributed by atoms with Gasteiger partial charge in [-0.05, 0) is 6.42 Å². The fourth-order valence-corrected chi connectivity index (χ4v) is 0.704. The highest BCUT2D eigenvalue weighted by molar-refractivity contribution is 5.82. The lowest BCUT2D eigenvalue weighted by atomic mass is 10.4. The van der Waals surface area contributed by atoms with Crippen molar-refractivity contribution in [2.45, 2.75) is 12.8 Å². The van der Waals surface area contributed by atoms with E-state index in [-0.39, 0.29) is 0 Å². The Hall–Kier alpha value is -0.730. The largest absolute Gasteiger partial charge is 0.398 e. The fourth-order valence-electron chi connectivity index (χ4n) is 0.704. The predicted octanol–water partition coefficient (Wildman–Crippen LogP) is 0.345. The molecule has 0 aromatic rings. The van der Waals surface area contributed by atoms with Crippen LogP contribution in [0.2, 0.25) is 0 Å². The van der Waals surface area contributed by atoms with Gasteiger partial charge < -0.3 is 4.84 Å². The lowest BCUT2D eigenvalue weighted by Crippen LogP contribution is -2.04. The summed E-state index contributed by atoms with van der Waals surface area (Å²) in [5.41, 5.74) is 0. The molecular weight excluding hydrogens is 104 g/mol. The quantitative estimate of drug-likeness (QED) is 0.452. The molecule has 3 nitrogen and oxygen atoms in total. The van der Waals surface area contributed by atoms with Crippen molar-refractivity contribution in [3.8, 4) is 0 Å². The second-order valence-corrected chi connectivity index (χ2v) is 1.68. The normalized spacial score (nSPS) is 23.4. The Balaban J connectivity index is 2.33. The van der Waals surface area contributed by atoms with E-state index in [0.717, 1.165) is 25.2 Å². The summed E-state index contributed by atoms with van der Waals surface area (Å²) >= 11 is 0. The summed E-state index contributed by atoms with van der Waals surface area (Å²) in [6, 6.07) is 0. The lowest BCUT2D eigenvalue weighted by molar-refractivity contribution is 0.211. The van der Waals surface area contributed by atoms with Gasteiger partial charge in [-0.2, -0.15) is 0 Å². The average molecular weight is 113 g/mol. The number of hydrogen-bond acceptors (Lipinski definition) is 2. The first-order valence-corrected chi connectivity index (χ1v) is 2.71. The number of nitrogens with zero attached hydrogens (tertiary/aromatic N) is 2.